The van der Waals surface area contributed by atoms with Crippen molar-refractivity contribution in [3.05, 3.63) is 51.8 Å². The van der Waals surface area contributed by atoms with Crippen molar-refractivity contribution in [3.8, 4) is 0 Å². The lowest BCUT2D eigenvalue weighted by molar-refractivity contribution is 0.149. The summed E-state index contributed by atoms with van der Waals surface area (Å²) in [7, 11) is 1.73. The molecule has 2 rings (SSSR count). The number of nitrogens with zero attached hydrogens (tertiary/aromatic N) is 2. The molecule has 3 nitrogen and oxygen atoms in total. The molecule has 0 amide bonds. The van der Waals surface area contributed by atoms with Crippen molar-refractivity contribution < 1.29 is 13.9 Å². The van der Waals surface area contributed by atoms with E-state index >= 15 is 0 Å². The molecular formula is C14H15ClF2N2O. The maximum absolute atomic E-state index is 12.7. The van der Waals surface area contributed by atoms with E-state index in [1.807, 2.05) is 0 Å². The van der Waals surface area contributed by atoms with E-state index in [0.29, 0.717) is 22.0 Å². The zero-order valence-corrected chi connectivity index (χ0v) is 11.9. The second-order valence-corrected chi connectivity index (χ2v) is 5.04. The van der Waals surface area contributed by atoms with Crippen LogP contribution < -0.4 is 0 Å². The molecule has 1 N–H and O–H groups in total. The highest BCUT2D eigenvalue weighted by molar-refractivity contribution is 6.31. The highest BCUT2D eigenvalue weighted by Crippen LogP contribution is 2.27. The van der Waals surface area contributed by atoms with Gasteiger partial charge in [-0.1, -0.05) is 29.8 Å². The monoisotopic (exact) mass is 300 g/mol. The average Bonchev–Trinajstić information content (AvgIpc) is 2.65. The highest BCUT2D eigenvalue weighted by Gasteiger charge is 2.18. The molecule has 1 unspecified atom stereocenters. The van der Waals surface area contributed by atoms with Crippen LogP contribution in [0.5, 0.6) is 0 Å². The first-order chi connectivity index (χ1) is 9.40. The van der Waals surface area contributed by atoms with Gasteiger partial charge < -0.3 is 5.11 Å². The molecule has 0 spiro atoms. The van der Waals surface area contributed by atoms with Crippen LogP contribution >= 0.6 is 11.6 Å². The standard InChI is InChI=1S/C14H15ClF2N2O/c1-8-13(15)11(19(2)18-8)7-12(20)9-4-3-5-10(6-9)14(16)17/h3-6,12,14,20H,7H2,1-2H3. The number of aryl methyl sites for hydroxylation is 2. The van der Waals surface area contributed by atoms with E-state index in [-0.39, 0.29) is 12.0 Å². The Morgan fingerprint density at radius 1 is 1.35 bits per heavy atom. The fraction of sp³-hybridized carbons (Fsp3) is 0.357. The van der Waals surface area contributed by atoms with E-state index in [2.05, 4.69) is 5.10 Å². The number of aliphatic hydroxyl groups is 1. The summed E-state index contributed by atoms with van der Waals surface area (Å²) in [5, 5.41) is 14.8. The molecule has 0 aliphatic rings. The molecule has 0 saturated heterocycles. The van der Waals surface area contributed by atoms with Crippen molar-refractivity contribution in [2.45, 2.75) is 25.9 Å². The second-order valence-electron chi connectivity index (χ2n) is 4.66. The lowest BCUT2D eigenvalue weighted by Gasteiger charge is -2.13. The maximum Gasteiger partial charge on any atom is 0.263 e. The van der Waals surface area contributed by atoms with Crippen LogP contribution in [0.15, 0.2) is 24.3 Å². The Bertz CT molecular complexity index is 613. The highest BCUT2D eigenvalue weighted by atomic mass is 35.5. The predicted octanol–water partition coefficient (Wildman–Crippen LogP) is 3.60. The average molecular weight is 301 g/mol. The van der Waals surface area contributed by atoms with Crippen LogP contribution in [0.1, 0.15) is 35.0 Å². The molecule has 0 fully saturated rings. The Balaban J connectivity index is 2.24. The molecule has 1 aromatic carbocycles. The number of halogens is 3. The fourth-order valence-corrected chi connectivity index (χ4v) is 2.34. The van der Waals surface area contributed by atoms with Crippen LogP contribution in [-0.2, 0) is 13.5 Å². The van der Waals surface area contributed by atoms with Gasteiger partial charge in [0.25, 0.3) is 6.43 Å². The SMILES string of the molecule is Cc1nn(C)c(CC(O)c2cccc(C(F)F)c2)c1Cl. The quantitative estimate of drug-likeness (QED) is 0.937. The van der Waals surface area contributed by atoms with Crippen LogP contribution in [0.2, 0.25) is 5.02 Å². The molecule has 0 aliphatic carbocycles. The Labute approximate surface area is 120 Å². The number of alkyl halides is 2. The van der Waals surface area contributed by atoms with E-state index in [1.54, 1.807) is 24.7 Å². The molecule has 2 aromatic rings. The first-order valence-corrected chi connectivity index (χ1v) is 6.52. The van der Waals surface area contributed by atoms with Crippen molar-refractivity contribution in [2.24, 2.45) is 7.05 Å². The Hall–Kier alpha value is -1.46. The van der Waals surface area contributed by atoms with Crippen LogP contribution in [0.3, 0.4) is 0 Å². The van der Waals surface area contributed by atoms with Crippen molar-refractivity contribution >= 4 is 11.6 Å². The minimum absolute atomic E-state index is 0.103. The second kappa shape index (κ2) is 5.89. The van der Waals surface area contributed by atoms with E-state index in [0.717, 1.165) is 0 Å². The zero-order valence-electron chi connectivity index (χ0n) is 11.1. The lowest BCUT2D eigenvalue weighted by atomic mass is 10.0. The van der Waals surface area contributed by atoms with E-state index in [1.165, 1.54) is 18.2 Å². The summed E-state index contributed by atoms with van der Waals surface area (Å²) in [6.07, 6.45) is -3.23. The summed E-state index contributed by atoms with van der Waals surface area (Å²) in [5.41, 5.74) is 1.70. The normalized spacial score (nSPS) is 12.9. The number of aromatic nitrogens is 2. The van der Waals surface area contributed by atoms with Gasteiger partial charge >= 0.3 is 0 Å². The topological polar surface area (TPSA) is 38.0 Å². The third kappa shape index (κ3) is 2.99. The number of hydrogen-bond acceptors (Lipinski definition) is 2. The van der Waals surface area contributed by atoms with Gasteiger partial charge in [0.1, 0.15) is 0 Å². The largest absolute Gasteiger partial charge is 0.388 e. The summed E-state index contributed by atoms with van der Waals surface area (Å²) >= 11 is 6.11. The van der Waals surface area contributed by atoms with Gasteiger partial charge in [0, 0.05) is 19.0 Å². The Morgan fingerprint density at radius 2 is 2.00 bits per heavy atom. The third-order valence-corrected chi connectivity index (χ3v) is 3.69. The van der Waals surface area contributed by atoms with E-state index < -0.39 is 12.5 Å². The molecule has 20 heavy (non-hydrogen) atoms. The summed E-state index contributed by atoms with van der Waals surface area (Å²) in [5.74, 6) is 0. The van der Waals surface area contributed by atoms with Crippen LogP contribution in [-0.4, -0.2) is 14.9 Å². The van der Waals surface area contributed by atoms with Gasteiger partial charge in [0.05, 0.1) is 22.5 Å². The molecule has 6 heteroatoms. The van der Waals surface area contributed by atoms with Gasteiger partial charge in [0.15, 0.2) is 0 Å². The number of benzene rings is 1. The van der Waals surface area contributed by atoms with Crippen LogP contribution in [0.4, 0.5) is 8.78 Å². The summed E-state index contributed by atoms with van der Waals surface area (Å²) in [6.45, 7) is 1.77. The minimum Gasteiger partial charge on any atom is -0.388 e. The smallest absolute Gasteiger partial charge is 0.263 e. The molecule has 1 atom stereocenters. The number of aliphatic hydroxyl groups excluding tert-OH is 1. The van der Waals surface area contributed by atoms with Gasteiger partial charge in [0.2, 0.25) is 0 Å². The van der Waals surface area contributed by atoms with Gasteiger partial charge in [-0.2, -0.15) is 5.10 Å². The van der Waals surface area contributed by atoms with Gasteiger partial charge in [-0.25, -0.2) is 8.78 Å². The number of rotatable bonds is 4. The molecule has 1 aromatic heterocycles. The lowest BCUT2D eigenvalue weighted by Crippen LogP contribution is -2.07. The van der Waals surface area contributed by atoms with E-state index in [4.69, 9.17) is 11.6 Å². The maximum atomic E-state index is 12.7. The van der Waals surface area contributed by atoms with Gasteiger partial charge in [-0.05, 0) is 18.6 Å². The van der Waals surface area contributed by atoms with E-state index in [9.17, 15) is 13.9 Å². The Morgan fingerprint density at radius 3 is 2.55 bits per heavy atom. The minimum atomic E-state index is -2.55. The van der Waals surface area contributed by atoms with Crippen molar-refractivity contribution in [2.75, 3.05) is 0 Å². The summed E-state index contributed by atoms with van der Waals surface area (Å²) in [4.78, 5) is 0. The van der Waals surface area contributed by atoms with Gasteiger partial charge in [-0.15, -0.1) is 0 Å². The fourth-order valence-electron chi connectivity index (χ4n) is 2.10. The van der Waals surface area contributed by atoms with Crippen LogP contribution in [0.25, 0.3) is 0 Å². The van der Waals surface area contributed by atoms with Crippen molar-refractivity contribution in [3.63, 3.8) is 0 Å². The molecule has 0 aliphatic heterocycles. The van der Waals surface area contributed by atoms with Crippen molar-refractivity contribution in [1.29, 1.82) is 0 Å². The third-order valence-electron chi connectivity index (χ3n) is 3.20. The van der Waals surface area contributed by atoms with Crippen LogP contribution in [0, 0.1) is 6.92 Å². The predicted molar refractivity (Wildman–Crippen MR) is 73.0 cm³/mol. The zero-order chi connectivity index (χ0) is 14.9. The Kier molecular flexibility index (Phi) is 4.40. The van der Waals surface area contributed by atoms with Crippen molar-refractivity contribution in [1.82, 2.24) is 9.78 Å². The molecule has 0 saturated carbocycles. The first-order valence-electron chi connectivity index (χ1n) is 6.14. The summed E-state index contributed by atoms with van der Waals surface area (Å²) in [6, 6.07) is 5.78. The molecular weight excluding hydrogens is 286 g/mol. The van der Waals surface area contributed by atoms with Gasteiger partial charge in [-0.3, -0.25) is 4.68 Å². The number of hydrogen-bond donors (Lipinski definition) is 1. The summed E-state index contributed by atoms with van der Waals surface area (Å²) < 4.78 is 26.9. The molecule has 0 bridgehead atoms. The molecule has 0 radical (unpaired) electrons. The molecule has 108 valence electrons. The molecule has 1 heterocycles. The first kappa shape index (κ1) is 14.9.